The van der Waals surface area contributed by atoms with Crippen molar-refractivity contribution in [1.29, 1.82) is 0 Å². The number of H-pyrrole nitrogens is 1. The van der Waals surface area contributed by atoms with Crippen LogP contribution in [0.1, 0.15) is 5.56 Å². The van der Waals surface area contributed by atoms with Crippen LogP contribution < -0.4 is 4.72 Å². The van der Waals surface area contributed by atoms with E-state index in [1.54, 1.807) is 0 Å². The van der Waals surface area contributed by atoms with E-state index in [4.69, 9.17) is 0 Å². The molecule has 0 amide bonds. The fourth-order valence-electron chi connectivity index (χ4n) is 1.30. The van der Waals surface area contributed by atoms with Gasteiger partial charge in [0, 0.05) is 6.54 Å². The molecule has 0 radical (unpaired) electrons. The molecule has 96 valence electrons. The van der Waals surface area contributed by atoms with Gasteiger partial charge < -0.3 is 0 Å². The van der Waals surface area contributed by atoms with E-state index in [0.717, 1.165) is 12.1 Å². The number of aromatic amines is 1. The first-order valence-corrected chi connectivity index (χ1v) is 6.40. The highest BCUT2D eigenvalue weighted by molar-refractivity contribution is 7.89. The molecule has 8 heteroatoms. The van der Waals surface area contributed by atoms with Gasteiger partial charge in [-0.3, -0.25) is 5.10 Å². The summed E-state index contributed by atoms with van der Waals surface area (Å²) in [5, 5.41) is 5.72. The average molecular weight is 273 g/mol. The van der Waals surface area contributed by atoms with Gasteiger partial charge in [-0.1, -0.05) is 6.07 Å². The molecule has 1 aromatic carbocycles. The summed E-state index contributed by atoms with van der Waals surface area (Å²) in [4.78, 5) is 0. The Kier molecular flexibility index (Phi) is 3.39. The predicted octanol–water partition coefficient (Wildman–Crippen LogP) is 1.17. The van der Waals surface area contributed by atoms with E-state index in [-0.39, 0.29) is 11.6 Å². The van der Waals surface area contributed by atoms with Crippen molar-refractivity contribution in [2.45, 2.75) is 11.6 Å². The Labute approximate surface area is 102 Å². The molecule has 0 aliphatic rings. The molecular weight excluding hydrogens is 264 g/mol. The zero-order valence-corrected chi connectivity index (χ0v) is 9.84. The summed E-state index contributed by atoms with van der Waals surface area (Å²) in [7, 11) is -3.72. The first-order valence-electron chi connectivity index (χ1n) is 4.92. The standard InChI is InChI=1S/C10H9F2N3O2S/c11-8-2-1-7(5-9(8)12)6-14-18(16,17)10-3-4-13-15-10/h1-5,14H,6H2,(H,13,15). The van der Waals surface area contributed by atoms with Crippen molar-refractivity contribution in [1.82, 2.24) is 14.9 Å². The molecule has 0 aliphatic carbocycles. The number of aromatic nitrogens is 2. The highest BCUT2D eigenvalue weighted by atomic mass is 32.2. The van der Waals surface area contributed by atoms with Crippen molar-refractivity contribution >= 4 is 10.0 Å². The van der Waals surface area contributed by atoms with E-state index in [1.807, 2.05) is 0 Å². The van der Waals surface area contributed by atoms with Gasteiger partial charge in [0.25, 0.3) is 10.0 Å². The maximum atomic E-state index is 12.9. The molecule has 2 N–H and O–H groups in total. The zero-order chi connectivity index (χ0) is 13.2. The quantitative estimate of drug-likeness (QED) is 0.878. The van der Waals surface area contributed by atoms with Crippen LogP contribution in [0.4, 0.5) is 8.78 Å². The minimum atomic E-state index is -3.72. The number of benzene rings is 1. The molecule has 1 aromatic heterocycles. The van der Waals surface area contributed by atoms with Crippen LogP contribution in [0.15, 0.2) is 35.5 Å². The minimum Gasteiger partial charge on any atom is -0.266 e. The van der Waals surface area contributed by atoms with Crippen LogP contribution in [0.25, 0.3) is 0 Å². The van der Waals surface area contributed by atoms with E-state index in [9.17, 15) is 17.2 Å². The van der Waals surface area contributed by atoms with Gasteiger partial charge in [0.05, 0.1) is 6.20 Å². The summed E-state index contributed by atoms with van der Waals surface area (Å²) < 4.78 is 51.1. The topological polar surface area (TPSA) is 74.8 Å². The summed E-state index contributed by atoms with van der Waals surface area (Å²) in [6, 6.07) is 4.46. The zero-order valence-electron chi connectivity index (χ0n) is 9.02. The summed E-state index contributed by atoms with van der Waals surface area (Å²) in [6.07, 6.45) is 1.30. The number of nitrogens with one attached hydrogen (secondary N) is 2. The van der Waals surface area contributed by atoms with Crippen LogP contribution in [0.5, 0.6) is 0 Å². The normalized spacial score (nSPS) is 11.7. The molecule has 0 spiro atoms. The Bertz CT molecular complexity index is 641. The van der Waals surface area contributed by atoms with Crippen molar-refractivity contribution in [3.05, 3.63) is 47.7 Å². The fourth-order valence-corrected chi connectivity index (χ4v) is 2.22. The van der Waals surface area contributed by atoms with E-state index < -0.39 is 21.7 Å². The van der Waals surface area contributed by atoms with E-state index in [1.165, 1.54) is 18.3 Å². The van der Waals surface area contributed by atoms with E-state index >= 15 is 0 Å². The van der Waals surface area contributed by atoms with Gasteiger partial charge in [0.2, 0.25) is 0 Å². The summed E-state index contributed by atoms with van der Waals surface area (Å²) in [5.74, 6) is -2.00. The van der Waals surface area contributed by atoms with Crippen LogP contribution in [-0.4, -0.2) is 18.6 Å². The number of sulfonamides is 1. The van der Waals surface area contributed by atoms with Crippen molar-refractivity contribution in [2.75, 3.05) is 0 Å². The van der Waals surface area contributed by atoms with Crippen LogP contribution in [-0.2, 0) is 16.6 Å². The highest BCUT2D eigenvalue weighted by Gasteiger charge is 2.15. The summed E-state index contributed by atoms with van der Waals surface area (Å²) in [6.45, 7) is -0.140. The third kappa shape index (κ3) is 2.71. The largest absolute Gasteiger partial charge is 0.266 e. The van der Waals surface area contributed by atoms with Gasteiger partial charge in [-0.05, 0) is 23.8 Å². The van der Waals surface area contributed by atoms with Crippen LogP contribution in [0, 0.1) is 11.6 Å². The SMILES string of the molecule is O=S(=O)(NCc1ccc(F)c(F)c1)c1ccn[nH]1. The monoisotopic (exact) mass is 273 g/mol. The Hall–Kier alpha value is -1.80. The molecule has 2 rings (SSSR count). The van der Waals surface area contributed by atoms with Gasteiger partial charge in [0.1, 0.15) is 0 Å². The van der Waals surface area contributed by atoms with Gasteiger partial charge in [-0.25, -0.2) is 21.9 Å². The number of rotatable bonds is 4. The van der Waals surface area contributed by atoms with Crippen molar-refractivity contribution in [2.24, 2.45) is 0 Å². The third-order valence-corrected chi connectivity index (χ3v) is 3.55. The van der Waals surface area contributed by atoms with E-state index in [0.29, 0.717) is 5.56 Å². The van der Waals surface area contributed by atoms with Crippen molar-refractivity contribution in [3.8, 4) is 0 Å². The lowest BCUT2D eigenvalue weighted by atomic mass is 10.2. The lowest BCUT2D eigenvalue weighted by Crippen LogP contribution is -2.23. The molecule has 0 aliphatic heterocycles. The lowest BCUT2D eigenvalue weighted by Gasteiger charge is -2.05. The van der Waals surface area contributed by atoms with Gasteiger partial charge >= 0.3 is 0 Å². The molecule has 18 heavy (non-hydrogen) atoms. The Morgan fingerprint density at radius 1 is 1.22 bits per heavy atom. The van der Waals surface area contributed by atoms with Gasteiger partial charge in [-0.2, -0.15) is 5.10 Å². The molecule has 0 saturated heterocycles. The Balaban J connectivity index is 2.10. The molecule has 0 atom stereocenters. The molecule has 5 nitrogen and oxygen atoms in total. The predicted molar refractivity (Wildman–Crippen MR) is 59.0 cm³/mol. The molecule has 2 aromatic rings. The second-order valence-corrected chi connectivity index (χ2v) is 5.23. The van der Waals surface area contributed by atoms with Crippen LogP contribution in [0.2, 0.25) is 0 Å². The number of nitrogens with zero attached hydrogens (tertiary/aromatic N) is 1. The molecule has 0 unspecified atom stereocenters. The average Bonchev–Trinajstić information content (AvgIpc) is 2.85. The molecular formula is C10H9F2N3O2S. The first-order chi connectivity index (χ1) is 8.49. The Morgan fingerprint density at radius 3 is 2.61 bits per heavy atom. The maximum absolute atomic E-state index is 12.9. The van der Waals surface area contributed by atoms with E-state index in [2.05, 4.69) is 14.9 Å². The van der Waals surface area contributed by atoms with Crippen LogP contribution in [0.3, 0.4) is 0 Å². The Morgan fingerprint density at radius 2 is 2.00 bits per heavy atom. The molecule has 0 fully saturated rings. The third-order valence-electron chi connectivity index (χ3n) is 2.22. The lowest BCUT2D eigenvalue weighted by molar-refractivity contribution is 0.506. The highest BCUT2D eigenvalue weighted by Crippen LogP contribution is 2.10. The first kappa shape index (κ1) is 12.7. The molecule has 0 bridgehead atoms. The minimum absolute atomic E-state index is 0.0925. The summed E-state index contributed by atoms with van der Waals surface area (Å²) in [5.41, 5.74) is 0.317. The van der Waals surface area contributed by atoms with Crippen LogP contribution >= 0.6 is 0 Å². The fraction of sp³-hybridized carbons (Fsp3) is 0.100. The van der Waals surface area contributed by atoms with Gasteiger partial charge in [0.15, 0.2) is 16.7 Å². The van der Waals surface area contributed by atoms with Crippen molar-refractivity contribution in [3.63, 3.8) is 0 Å². The van der Waals surface area contributed by atoms with Crippen molar-refractivity contribution < 1.29 is 17.2 Å². The number of hydrogen-bond acceptors (Lipinski definition) is 3. The smallest absolute Gasteiger partial charge is 0.257 e. The second kappa shape index (κ2) is 4.83. The molecule has 1 heterocycles. The van der Waals surface area contributed by atoms with Gasteiger partial charge in [-0.15, -0.1) is 0 Å². The number of hydrogen-bond donors (Lipinski definition) is 2. The summed E-state index contributed by atoms with van der Waals surface area (Å²) >= 11 is 0. The second-order valence-electron chi connectivity index (χ2n) is 3.49. The maximum Gasteiger partial charge on any atom is 0.257 e. The molecule has 0 saturated carbocycles. The number of halogens is 2.